The van der Waals surface area contributed by atoms with Gasteiger partial charge in [-0.25, -0.2) is 0 Å². The number of phenols is 1. The molecule has 3 nitrogen and oxygen atoms in total. The Balaban J connectivity index is 1.91. The summed E-state index contributed by atoms with van der Waals surface area (Å²) < 4.78 is 14.4. The molecule has 0 saturated heterocycles. The fourth-order valence-corrected chi connectivity index (χ4v) is 5.20. The van der Waals surface area contributed by atoms with Crippen molar-refractivity contribution in [3.63, 3.8) is 0 Å². The molecule has 0 aromatic heterocycles. The Morgan fingerprint density at radius 3 is 1.82 bits per heavy atom. The normalized spacial score (nSPS) is 10.9. The Morgan fingerprint density at radius 1 is 0.786 bits per heavy atom. The highest BCUT2D eigenvalue weighted by molar-refractivity contribution is 9.11. The second-order valence-corrected chi connectivity index (χ2v) is 9.60. The smallest absolute Gasteiger partial charge is 0.147 e. The van der Waals surface area contributed by atoms with Gasteiger partial charge in [0.2, 0.25) is 0 Å². The van der Waals surface area contributed by atoms with Crippen LogP contribution in [0.4, 0.5) is 0 Å². The van der Waals surface area contributed by atoms with E-state index >= 15 is 0 Å². The predicted octanol–water partition coefficient (Wildman–Crippen LogP) is 8.25. The van der Waals surface area contributed by atoms with Crippen molar-refractivity contribution in [1.82, 2.24) is 0 Å². The van der Waals surface area contributed by atoms with Crippen molar-refractivity contribution in [3.8, 4) is 22.6 Å². The molecule has 1 N–H and O–H groups in total. The molecule has 28 heavy (non-hydrogen) atoms. The molecule has 0 bridgehead atoms. The Labute approximate surface area is 200 Å². The van der Waals surface area contributed by atoms with Crippen LogP contribution >= 0.6 is 63.7 Å². The quantitative estimate of drug-likeness (QED) is 0.198. The van der Waals surface area contributed by atoms with Crippen molar-refractivity contribution in [2.75, 3.05) is 19.8 Å². The van der Waals surface area contributed by atoms with E-state index in [1.165, 1.54) is 0 Å². The first-order chi connectivity index (χ1) is 13.4. The van der Waals surface area contributed by atoms with Crippen molar-refractivity contribution in [2.24, 2.45) is 0 Å². The highest BCUT2D eigenvalue weighted by Gasteiger charge is 2.13. The first-order valence-corrected chi connectivity index (χ1v) is 12.1. The molecule has 0 atom stereocenters. The summed E-state index contributed by atoms with van der Waals surface area (Å²) in [4.78, 5) is 0. The number of aromatic hydroxyl groups is 1. The molecule has 0 aliphatic carbocycles. The van der Waals surface area contributed by atoms with E-state index in [1.54, 1.807) is 6.08 Å². The molecule has 0 unspecified atom stereocenters. The summed E-state index contributed by atoms with van der Waals surface area (Å²) in [5.41, 5.74) is 1.98. The Hall–Kier alpha value is -0.340. The maximum absolute atomic E-state index is 9.90. The second-order valence-electron chi connectivity index (χ2n) is 6.18. The van der Waals surface area contributed by atoms with Crippen LogP contribution in [0.15, 0.2) is 54.8 Å². The fourth-order valence-electron chi connectivity index (χ4n) is 2.60. The molecule has 2 rings (SSSR count). The molecule has 152 valence electrons. The number of unbranched alkanes of at least 4 members (excludes halogenated alkanes) is 3. The van der Waals surface area contributed by atoms with Gasteiger partial charge in [-0.1, -0.05) is 12.5 Å². The standard InChI is InChI=1S/C21H22Br4O3/c1-2-7-27-8-5-3-4-6-9-28-21-18(24)12-15(13-19(21)25)14-10-16(22)20(26)17(23)11-14/h2,10-13,26H,1,3-9H2. The molecule has 2 aromatic carbocycles. The van der Waals surface area contributed by atoms with Crippen LogP contribution in [0.2, 0.25) is 0 Å². The molecule has 0 fully saturated rings. The van der Waals surface area contributed by atoms with E-state index in [0.29, 0.717) is 22.2 Å². The highest BCUT2D eigenvalue weighted by atomic mass is 79.9. The van der Waals surface area contributed by atoms with Crippen LogP contribution < -0.4 is 4.74 Å². The molecular formula is C21H22Br4O3. The third-order valence-corrected chi connectivity index (χ3v) is 6.40. The third-order valence-electron chi connectivity index (χ3n) is 4.01. The molecular weight excluding hydrogens is 620 g/mol. The van der Waals surface area contributed by atoms with Gasteiger partial charge in [0.15, 0.2) is 0 Å². The van der Waals surface area contributed by atoms with Gasteiger partial charge in [-0.3, -0.25) is 0 Å². The largest absolute Gasteiger partial charge is 0.506 e. The van der Waals surface area contributed by atoms with Gasteiger partial charge in [0, 0.05) is 6.61 Å². The lowest BCUT2D eigenvalue weighted by Crippen LogP contribution is -2.00. The van der Waals surface area contributed by atoms with Crippen LogP contribution in [0, 0.1) is 0 Å². The topological polar surface area (TPSA) is 38.7 Å². The number of benzene rings is 2. The SMILES string of the molecule is C=CCOCCCCCCOc1c(Br)cc(-c2cc(Br)c(O)c(Br)c2)cc1Br. The van der Waals surface area contributed by atoms with Crippen LogP contribution in [0.1, 0.15) is 25.7 Å². The maximum Gasteiger partial charge on any atom is 0.147 e. The third kappa shape index (κ3) is 7.17. The van der Waals surface area contributed by atoms with Crippen LogP contribution in [0.3, 0.4) is 0 Å². The number of hydrogen-bond acceptors (Lipinski definition) is 3. The van der Waals surface area contributed by atoms with Gasteiger partial charge < -0.3 is 14.6 Å². The lowest BCUT2D eigenvalue weighted by Gasteiger charge is -2.13. The van der Waals surface area contributed by atoms with Crippen LogP contribution in [0.25, 0.3) is 11.1 Å². The summed E-state index contributed by atoms with van der Waals surface area (Å²) in [7, 11) is 0. The summed E-state index contributed by atoms with van der Waals surface area (Å²) in [6.07, 6.45) is 6.08. The highest BCUT2D eigenvalue weighted by Crippen LogP contribution is 2.41. The summed E-state index contributed by atoms with van der Waals surface area (Å²) in [6, 6.07) is 7.80. The Kier molecular flexibility index (Phi) is 10.6. The fraction of sp³-hybridized carbons (Fsp3) is 0.333. The summed E-state index contributed by atoms with van der Waals surface area (Å²) in [5.74, 6) is 0.990. The van der Waals surface area contributed by atoms with Gasteiger partial charge >= 0.3 is 0 Å². The van der Waals surface area contributed by atoms with Crippen molar-refractivity contribution >= 4 is 63.7 Å². The Bertz CT molecular complexity index is 762. The van der Waals surface area contributed by atoms with Crippen molar-refractivity contribution in [2.45, 2.75) is 25.7 Å². The van der Waals surface area contributed by atoms with E-state index in [2.05, 4.69) is 70.3 Å². The summed E-state index contributed by atoms with van der Waals surface area (Å²) >= 11 is 14.0. The first kappa shape index (κ1) is 23.9. The molecule has 0 heterocycles. The van der Waals surface area contributed by atoms with Crippen molar-refractivity contribution in [3.05, 3.63) is 54.8 Å². The zero-order valence-electron chi connectivity index (χ0n) is 15.3. The summed E-state index contributed by atoms with van der Waals surface area (Å²) in [5, 5.41) is 9.90. The Morgan fingerprint density at radius 2 is 1.29 bits per heavy atom. The van der Waals surface area contributed by atoms with E-state index in [4.69, 9.17) is 9.47 Å². The molecule has 0 aliphatic heterocycles. The van der Waals surface area contributed by atoms with Gasteiger partial charge in [0.25, 0.3) is 0 Å². The number of phenolic OH excluding ortho intramolecular Hbond substituents is 1. The van der Waals surface area contributed by atoms with Gasteiger partial charge in [0.1, 0.15) is 11.5 Å². The summed E-state index contributed by atoms with van der Waals surface area (Å²) in [6.45, 7) is 5.71. The lowest BCUT2D eigenvalue weighted by atomic mass is 10.1. The minimum atomic E-state index is 0.189. The number of rotatable bonds is 11. The average Bonchev–Trinajstić information content (AvgIpc) is 2.66. The van der Waals surface area contributed by atoms with E-state index in [1.807, 2.05) is 24.3 Å². The van der Waals surface area contributed by atoms with Gasteiger partial charge in [-0.15, -0.1) is 6.58 Å². The number of ether oxygens (including phenoxy) is 2. The molecule has 2 aromatic rings. The van der Waals surface area contributed by atoms with E-state index in [0.717, 1.165) is 58.1 Å². The molecule has 0 saturated carbocycles. The van der Waals surface area contributed by atoms with Gasteiger partial charge in [-0.05, 0) is 118 Å². The lowest BCUT2D eigenvalue weighted by molar-refractivity contribution is 0.156. The second kappa shape index (κ2) is 12.4. The minimum Gasteiger partial charge on any atom is -0.506 e. The van der Waals surface area contributed by atoms with Gasteiger partial charge in [-0.2, -0.15) is 0 Å². The maximum atomic E-state index is 9.90. The molecule has 0 aliphatic rings. The van der Waals surface area contributed by atoms with E-state index in [9.17, 15) is 5.11 Å². The van der Waals surface area contributed by atoms with Crippen LogP contribution in [-0.4, -0.2) is 24.9 Å². The first-order valence-electron chi connectivity index (χ1n) is 8.93. The molecule has 7 heteroatoms. The molecule has 0 amide bonds. The predicted molar refractivity (Wildman–Crippen MR) is 129 cm³/mol. The monoisotopic (exact) mass is 638 g/mol. The molecule has 0 spiro atoms. The average molecular weight is 642 g/mol. The van der Waals surface area contributed by atoms with Crippen molar-refractivity contribution in [1.29, 1.82) is 0 Å². The minimum absolute atomic E-state index is 0.189. The van der Waals surface area contributed by atoms with Gasteiger partial charge in [0.05, 0.1) is 31.1 Å². The van der Waals surface area contributed by atoms with Crippen molar-refractivity contribution < 1.29 is 14.6 Å². The zero-order chi connectivity index (χ0) is 20.5. The number of halogens is 4. The van der Waals surface area contributed by atoms with Crippen LogP contribution in [0.5, 0.6) is 11.5 Å². The van der Waals surface area contributed by atoms with Crippen LogP contribution in [-0.2, 0) is 4.74 Å². The zero-order valence-corrected chi connectivity index (χ0v) is 21.7. The van der Waals surface area contributed by atoms with E-state index in [-0.39, 0.29) is 5.75 Å². The number of hydrogen-bond donors (Lipinski definition) is 1. The van der Waals surface area contributed by atoms with E-state index < -0.39 is 0 Å². The molecule has 0 radical (unpaired) electrons.